The first-order valence-electron chi connectivity index (χ1n) is 7.84. The van der Waals surface area contributed by atoms with Crippen molar-refractivity contribution in [2.75, 3.05) is 33.3 Å². The molecular weight excluding hydrogens is 366 g/mol. The lowest BCUT2D eigenvalue weighted by Crippen LogP contribution is -2.42. The molecule has 0 aliphatic rings. The molecule has 0 unspecified atom stereocenters. The fraction of sp³-hybridized carbons (Fsp3) is 0.438. The number of carbonyl (C=O) groups is 3. The normalized spacial score (nSPS) is 10.2. The Kier molecular flexibility index (Phi) is 7.98. The van der Waals surface area contributed by atoms with Gasteiger partial charge in [0.25, 0.3) is 11.6 Å². The van der Waals surface area contributed by atoms with Gasteiger partial charge >= 0.3 is 5.97 Å². The van der Waals surface area contributed by atoms with Gasteiger partial charge in [0, 0.05) is 26.2 Å². The first kappa shape index (κ1) is 21.4. The quantitative estimate of drug-likeness (QED) is 0.383. The highest BCUT2D eigenvalue weighted by molar-refractivity contribution is 6.32. The number of nitrogens with zero attached hydrogens (tertiary/aromatic N) is 3. The molecular formula is C16H20ClN3O6. The number of benzene rings is 1. The van der Waals surface area contributed by atoms with E-state index in [1.54, 1.807) is 4.90 Å². The summed E-state index contributed by atoms with van der Waals surface area (Å²) >= 11 is 5.67. The molecule has 1 aromatic carbocycles. The van der Waals surface area contributed by atoms with Crippen molar-refractivity contribution in [2.45, 2.75) is 13.8 Å². The Morgan fingerprint density at radius 2 is 1.81 bits per heavy atom. The summed E-state index contributed by atoms with van der Waals surface area (Å²) in [4.78, 5) is 48.7. The smallest absolute Gasteiger partial charge is 0.338 e. The standard InChI is InChI=1S/C16H20ClN3O6/c1-4-19(5-2)14(21)9-18(3)15(22)10-26-16(23)11-6-7-12(17)13(8-11)20(24)25/h6-8H,4-5,9-10H2,1-3H3. The van der Waals surface area contributed by atoms with Gasteiger partial charge in [0.1, 0.15) is 5.02 Å². The van der Waals surface area contributed by atoms with Crippen LogP contribution in [0.25, 0.3) is 0 Å². The molecule has 0 aliphatic heterocycles. The number of rotatable bonds is 8. The van der Waals surface area contributed by atoms with Crippen molar-refractivity contribution in [3.63, 3.8) is 0 Å². The number of hydrogen-bond donors (Lipinski definition) is 0. The average molecular weight is 386 g/mol. The predicted molar refractivity (Wildman–Crippen MR) is 94.0 cm³/mol. The Bertz CT molecular complexity index is 705. The number of ether oxygens (including phenoxy) is 1. The third kappa shape index (κ3) is 5.69. The van der Waals surface area contributed by atoms with Crippen molar-refractivity contribution < 1.29 is 24.0 Å². The number of esters is 1. The maximum Gasteiger partial charge on any atom is 0.338 e. The zero-order chi connectivity index (χ0) is 19.9. The molecule has 26 heavy (non-hydrogen) atoms. The molecule has 0 spiro atoms. The number of hydrogen-bond acceptors (Lipinski definition) is 6. The van der Waals surface area contributed by atoms with Crippen LogP contribution in [0.4, 0.5) is 5.69 Å². The van der Waals surface area contributed by atoms with E-state index < -0.39 is 29.1 Å². The molecule has 142 valence electrons. The second-order valence-corrected chi connectivity index (χ2v) is 5.72. The van der Waals surface area contributed by atoms with Crippen LogP contribution in [-0.2, 0) is 14.3 Å². The van der Waals surface area contributed by atoms with Gasteiger partial charge in [-0.25, -0.2) is 4.79 Å². The number of carbonyl (C=O) groups excluding carboxylic acids is 3. The zero-order valence-electron chi connectivity index (χ0n) is 14.7. The summed E-state index contributed by atoms with van der Waals surface area (Å²) in [5.41, 5.74) is -0.537. The molecule has 9 nitrogen and oxygen atoms in total. The first-order chi connectivity index (χ1) is 12.2. The highest BCUT2D eigenvalue weighted by Gasteiger charge is 2.20. The molecule has 0 N–H and O–H groups in total. The first-order valence-corrected chi connectivity index (χ1v) is 8.21. The van der Waals surface area contributed by atoms with Crippen molar-refractivity contribution in [1.82, 2.24) is 9.80 Å². The van der Waals surface area contributed by atoms with Gasteiger partial charge < -0.3 is 14.5 Å². The number of amides is 2. The molecule has 0 radical (unpaired) electrons. The fourth-order valence-electron chi connectivity index (χ4n) is 2.07. The Balaban J connectivity index is 2.64. The largest absolute Gasteiger partial charge is 0.452 e. The van der Waals surface area contributed by atoms with E-state index in [1.807, 2.05) is 13.8 Å². The summed E-state index contributed by atoms with van der Waals surface area (Å²) < 4.78 is 4.86. The summed E-state index contributed by atoms with van der Waals surface area (Å²) in [6, 6.07) is 3.44. The van der Waals surface area contributed by atoms with E-state index in [0.717, 1.165) is 11.0 Å². The summed E-state index contributed by atoms with van der Waals surface area (Å²) in [5, 5.41) is 10.7. The van der Waals surface area contributed by atoms with Crippen LogP contribution in [-0.4, -0.2) is 65.8 Å². The Labute approximate surface area is 155 Å². The minimum Gasteiger partial charge on any atom is -0.452 e. The molecule has 0 aromatic heterocycles. The van der Waals surface area contributed by atoms with Gasteiger partial charge in [0.2, 0.25) is 5.91 Å². The highest BCUT2D eigenvalue weighted by atomic mass is 35.5. The van der Waals surface area contributed by atoms with Crippen molar-refractivity contribution in [2.24, 2.45) is 0 Å². The third-order valence-corrected chi connectivity index (χ3v) is 3.94. The van der Waals surface area contributed by atoms with E-state index in [-0.39, 0.29) is 23.0 Å². The van der Waals surface area contributed by atoms with Crippen LogP contribution in [0, 0.1) is 10.1 Å². The van der Waals surface area contributed by atoms with E-state index >= 15 is 0 Å². The molecule has 1 rings (SSSR count). The maximum atomic E-state index is 12.0. The Hall–Kier alpha value is -2.68. The molecule has 2 amide bonds. The van der Waals surface area contributed by atoms with Crippen LogP contribution < -0.4 is 0 Å². The van der Waals surface area contributed by atoms with Gasteiger partial charge in [-0.2, -0.15) is 0 Å². The van der Waals surface area contributed by atoms with E-state index in [0.29, 0.717) is 13.1 Å². The van der Waals surface area contributed by atoms with Crippen molar-refractivity contribution in [3.8, 4) is 0 Å². The van der Waals surface area contributed by atoms with Gasteiger partial charge in [-0.15, -0.1) is 0 Å². The second kappa shape index (κ2) is 9.71. The monoisotopic (exact) mass is 385 g/mol. The molecule has 0 heterocycles. The number of halogens is 1. The van der Waals surface area contributed by atoms with E-state index in [9.17, 15) is 24.5 Å². The van der Waals surface area contributed by atoms with Gasteiger partial charge in [-0.05, 0) is 26.0 Å². The molecule has 10 heteroatoms. The third-order valence-electron chi connectivity index (χ3n) is 3.62. The molecule has 0 saturated carbocycles. The van der Waals surface area contributed by atoms with E-state index in [1.165, 1.54) is 19.2 Å². The highest BCUT2D eigenvalue weighted by Crippen LogP contribution is 2.25. The Morgan fingerprint density at radius 1 is 1.19 bits per heavy atom. The average Bonchev–Trinajstić information content (AvgIpc) is 2.60. The minimum atomic E-state index is -0.901. The van der Waals surface area contributed by atoms with Crippen LogP contribution in [0.3, 0.4) is 0 Å². The zero-order valence-corrected chi connectivity index (χ0v) is 15.5. The van der Waals surface area contributed by atoms with Crippen molar-refractivity contribution >= 4 is 35.1 Å². The van der Waals surface area contributed by atoms with Crippen LogP contribution in [0.2, 0.25) is 5.02 Å². The van der Waals surface area contributed by atoms with Crippen LogP contribution in [0.1, 0.15) is 24.2 Å². The lowest BCUT2D eigenvalue weighted by molar-refractivity contribution is -0.384. The number of nitro groups is 1. The van der Waals surface area contributed by atoms with Gasteiger partial charge in [0.15, 0.2) is 6.61 Å². The maximum absolute atomic E-state index is 12.0. The summed E-state index contributed by atoms with van der Waals surface area (Å²) in [5.74, 6) is -1.69. The molecule has 0 fully saturated rings. The molecule has 0 atom stereocenters. The topological polar surface area (TPSA) is 110 Å². The molecule has 0 bridgehead atoms. The Morgan fingerprint density at radius 3 is 2.35 bits per heavy atom. The predicted octanol–water partition coefficient (Wildman–Crippen LogP) is 1.73. The lowest BCUT2D eigenvalue weighted by atomic mass is 10.2. The summed E-state index contributed by atoms with van der Waals surface area (Å²) in [6.07, 6.45) is 0. The van der Waals surface area contributed by atoms with Crippen LogP contribution in [0.5, 0.6) is 0 Å². The minimum absolute atomic E-state index is 0.101. The van der Waals surface area contributed by atoms with Gasteiger partial charge in [0.05, 0.1) is 17.0 Å². The molecule has 1 aromatic rings. The lowest BCUT2D eigenvalue weighted by Gasteiger charge is -2.23. The number of nitro benzene ring substituents is 1. The van der Waals surface area contributed by atoms with Gasteiger partial charge in [-0.3, -0.25) is 19.7 Å². The van der Waals surface area contributed by atoms with Gasteiger partial charge in [-0.1, -0.05) is 11.6 Å². The van der Waals surface area contributed by atoms with Crippen LogP contribution >= 0.6 is 11.6 Å². The number of likely N-dealkylation sites (N-methyl/N-ethyl adjacent to an activating group) is 2. The van der Waals surface area contributed by atoms with Crippen molar-refractivity contribution in [1.29, 1.82) is 0 Å². The van der Waals surface area contributed by atoms with Crippen LogP contribution in [0.15, 0.2) is 18.2 Å². The van der Waals surface area contributed by atoms with Crippen molar-refractivity contribution in [3.05, 3.63) is 38.9 Å². The van der Waals surface area contributed by atoms with E-state index in [4.69, 9.17) is 16.3 Å². The van der Waals surface area contributed by atoms with E-state index in [2.05, 4.69) is 0 Å². The fourth-order valence-corrected chi connectivity index (χ4v) is 2.25. The SMILES string of the molecule is CCN(CC)C(=O)CN(C)C(=O)COC(=O)c1ccc(Cl)c([N+](=O)[O-])c1. The molecule has 0 aliphatic carbocycles. The summed E-state index contributed by atoms with van der Waals surface area (Å²) in [7, 11) is 1.42. The molecule has 0 saturated heterocycles. The second-order valence-electron chi connectivity index (χ2n) is 5.32. The summed E-state index contributed by atoms with van der Waals surface area (Å²) in [6.45, 7) is 4.00.